The molecular formula is C14H22O5. The smallest absolute Gasteiger partial charge is 0.331 e. The van der Waals surface area contributed by atoms with Crippen molar-refractivity contribution in [3.05, 3.63) is 11.6 Å². The van der Waals surface area contributed by atoms with E-state index in [4.69, 9.17) is 14.2 Å². The second-order valence-corrected chi connectivity index (χ2v) is 6.52. The van der Waals surface area contributed by atoms with Crippen molar-refractivity contribution in [2.45, 2.75) is 70.7 Å². The third kappa shape index (κ3) is 3.35. The van der Waals surface area contributed by atoms with Crippen LogP contribution in [0.15, 0.2) is 11.6 Å². The molecule has 0 bridgehead atoms. The zero-order valence-corrected chi connectivity index (χ0v) is 12.1. The van der Waals surface area contributed by atoms with Gasteiger partial charge in [-0.3, -0.25) is 0 Å². The molecule has 2 fully saturated rings. The molecule has 1 heterocycles. The number of aliphatic hydroxyl groups excluding tert-OH is 1. The normalized spacial score (nSPS) is 35.5. The van der Waals surface area contributed by atoms with Crippen molar-refractivity contribution >= 4 is 5.97 Å². The Morgan fingerprint density at radius 2 is 2.05 bits per heavy atom. The van der Waals surface area contributed by atoms with Crippen LogP contribution in [-0.4, -0.2) is 40.8 Å². The van der Waals surface area contributed by atoms with E-state index in [2.05, 4.69) is 0 Å². The van der Waals surface area contributed by atoms with Crippen LogP contribution in [-0.2, 0) is 19.0 Å². The number of hydrogen-bond donors (Lipinski definition) is 1. The Balaban J connectivity index is 2.13. The summed E-state index contributed by atoms with van der Waals surface area (Å²) in [5.41, 5.74) is -0.00604. The van der Waals surface area contributed by atoms with Crippen LogP contribution in [0.3, 0.4) is 0 Å². The first-order valence-corrected chi connectivity index (χ1v) is 6.55. The summed E-state index contributed by atoms with van der Waals surface area (Å²) < 4.78 is 16.6. The monoisotopic (exact) mass is 270 g/mol. The average Bonchev–Trinajstić information content (AvgIpc) is 2.58. The Bertz CT molecular complexity index is 405. The molecule has 5 nitrogen and oxygen atoms in total. The Morgan fingerprint density at radius 3 is 2.63 bits per heavy atom. The first-order valence-electron chi connectivity index (χ1n) is 6.55. The number of fused-ring (bicyclic) bond motifs is 1. The molecule has 0 radical (unpaired) electrons. The van der Waals surface area contributed by atoms with Gasteiger partial charge in [0.05, 0.1) is 12.2 Å². The molecule has 3 atom stereocenters. The van der Waals surface area contributed by atoms with Crippen LogP contribution in [0.2, 0.25) is 0 Å². The van der Waals surface area contributed by atoms with Gasteiger partial charge in [0.2, 0.25) is 0 Å². The Kier molecular flexibility index (Phi) is 3.49. The second kappa shape index (κ2) is 4.58. The first kappa shape index (κ1) is 14.5. The van der Waals surface area contributed by atoms with Gasteiger partial charge in [-0.15, -0.1) is 0 Å². The van der Waals surface area contributed by atoms with Gasteiger partial charge in [-0.1, -0.05) is 0 Å². The van der Waals surface area contributed by atoms with E-state index in [1.807, 2.05) is 13.8 Å². The van der Waals surface area contributed by atoms with Gasteiger partial charge in [0.15, 0.2) is 5.79 Å². The largest absolute Gasteiger partial charge is 0.457 e. The lowest BCUT2D eigenvalue weighted by Gasteiger charge is -2.21. The molecule has 2 aliphatic rings. The molecule has 0 aromatic heterocycles. The molecule has 1 aliphatic heterocycles. The number of ether oxygens (including phenoxy) is 3. The summed E-state index contributed by atoms with van der Waals surface area (Å²) in [5.74, 6) is -1.14. The zero-order chi connectivity index (χ0) is 14.4. The molecule has 1 aliphatic carbocycles. The third-order valence-electron chi connectivity index (χ3n) is 3.04. The van der Waals surface area contributed by atoms with E-state index in [1.54, 1.807) is 20.8 Å². The number of esters is 1. The minimum absolute atomic E-state index is 0.196. The van der Waals surface area contributed by atoms with Crippen LogP contribution in [0.4, 0.5) is 0 Å². The highest BCUT2D eigenvalue weighted by Crippen LogP contribution is 2.41. The summed E-state index contributed by atoms with van der Waals surface area (Å²) in [5, 5.41) is 9.98. The maximum absolute atomic E-state index is 11.8. The minimum Gasteiger partial charge on any atom is -0.457 e. The molecule has 0 aromatic rings. The Hall–Kier alpha value is -0.910. The maximum atomic E-state index is 11.8. The number of aliphatic hydroxyl groups is 1. The summed E-state index contributed by atoms with van der Waals surface area (Å²) in [6.07, 6.45) is 0.517. The summed E-state index contributed by atoms with van der Waals surface area (Å²) in [6.45, 7) is 9.05. The molecule has 0 unspecified atom stereocenters. The number of carbonyl (C=O) groups excluding carboxylic acids is 1. The van der Waals surface area contributed by atoms with E-state index >= 15 is 0 Å². The van der Waals surface area contributed by atoms with Crippen LogP contribution >= 0.6 is 0 Å². The lowest BCUT2D eigenvalue weighted by Crippen LogP contribution is -2.26. The van der Waals surface area contributed by atoms with Crippen molar-refractivity contribution in [1.29, 1.82) is 0 Å². The number of carbonyl (C=O) groups is 1. The fraction of sp³-hybridized carbons (Fsp3) is 0.786. The van der Waals surface area contributed by atoms with Crippen molar-refractivity contribution in [3.8, 4) is 0 Å². The fourth-order valence-corrected chi connectivity index (χ4v) is 2.48. The van der Waals surface area contributed by atoms with Crippen molar-refractivity contribution in [2.24, 2.45) is 0 Å². The fourth-order valence-electron chi connectivity index (χ4n) is 2.48. The summed E-state index contributed by atoms with van der Waals surface area (Å²) in [6, 6.07) is 0. The predicted octanol–water partition coefficient (Wildman–Crippen LogP) is 1.54. The molecule has 5 heteroatoms. The van der Waals surface area contributed by atoms with Crippen molar-refractivity contribution in [1.82, 2.24) is 0 Å². The van der Waals surface area contributed by atoms with Crippen molar-refractivity contribution in [3.63, 3.8) is 0 Å². The molecule has 2 rings (SSSR count). The van der Waals surface area contributed by atoms with Crippen molar-refractivity contribution in [2.75, 3.05) is 0 Å². The SMILES string of the molecule is CC(C)(C)OC(=O)/C=C1/[C@H](O)C[C@H]2OC(C)(C)O[C@@H]12. The van der Waals surface area contributed by atoms with Gasteiger partial charge in [0, 0.05) is 12.5 Å². The van der Waals surface area contributed by atoms with E-state index < -0.39 is 23.5 Å². The van der Waals surface area contributed by atoms with Crippen LogP contribution in [0.5, 0.6) is 0 Å². The standard InChI is InChI=1S/C14H22O5/c1-13(2,3)18-11(16)6-8-9(15)7-10-12(8)19-14(4,5)17-10/h6,9-10,12,15H,7H2,1-5H3/b8-6-/t9-,10-,12+/m1/s1. The van der Waals surface area contributed by atoms with Crippen molar-refractivity contribution < 1.29 is 24.1 Å². The van der Waals surface area contributed by atoms with E-state index in [1.165, 1.54) is 6.08 Å². The molecule has 1 saturated carbocycles. The minimum atomic E-state index is -0.710. The van der Waals surface area contributed by atoms with Crippen LogP contribution in [0.25, 0.3) is 0 Å². The van der Waals surface area contributed by atoms with Crippen LogP contribution < -0.4 is 0 Å². The molecule has 1 saturated heterocycles. The lowest BCUT2D eigenvalue weighted by atomic mass is 10.1. The molecule has 0 amide bonds. The van der Waals surface area contributed by atoms with Gasteiger partial charge in [-0.05, 0) is 40.2 Å². The highest BCUT2D eigenvalue weighted by molar-refractivity contribution is 5.83. The topological polar surface area (TPSA) is 65.0 Å². The molecule has 108 valence electrons. The molecule has 0 aromatic carbocycles. The van der Waals surface area contributed by atoms with E-state index in [0.29, 0.717) is 12.0 Å². The third-order valence-corrected chi connectivity index (χ3v) is 3.04. The maximum Gasteiger partial charge on any atom is 0.331 e. The Labute approximate surface area is 113 Å². The van der Waals surface area contributed by atoms with E-state index in [0.717, 1.165) is 0 Å². The summed E-state index contributed by atoms with van der Waals surface area (Å²) in [7, 11) is 0. The molecule has 0 spiro atoms. The van der Waals surface area contributed by atoms with Gasteiger partial charge < -0.3 is 19.3 Å². The van der Waals surface area contributed by atoms with Crippen LogP contribution in [0, 0.1) is 0 Å². The van der Waals surface area contributed by atoms with Gasteiger partial charge in [-0.2, -0.15) is 0 Å². The zero-order valence-electron chi connectivity index (χ0n) is 12.1. The lowest BCUT2D eigenvalue weighted by molar-refractivity contribution is -0.153. The summed E-state index contributed by atoms with van der Waals surface area (Å²) >= 11 is 0. The van der Waals surface area contributed by atoms with E-state index in [9.17, 15) is 9.90 Å². The van der Waals surface area contributed by atoms with Gasteiger partial charge in [0.25, 0.3) is 0 Å². The molecular weight excluding hydrogens is 248 g/mol. The predicted molar refractivity (Wildman–Crippen MR) is 68.4 cm³/mol. The van der Waals surface area contributed by atoms with Gasteiger partial charge in [0.1, 0.15) is 11.7 Å². The second-order valence-electron chi connectivity index (χ2n) is 6.52. The van der Waals surface area contributed by atoms with E-state index in [-0.39, 0.29) is 12.2 Å². The quantitative estimate of drug-likeness (QED) is 0.578. The average molecular weight is 270 g/mol. The molecule has 19 heavy (non-hydrogen) atoms. The van der Waals surface area contributed by atoms with Crippen LogP contribution in [0.1, 0.15) is 41.0 Å². The Morgan fingerprint density at radius 1 is 1.42 bits per heavy atom. The van der Waals surface area contributed by atoms with Gasteiger partial charge in [-0.25, -0.2) is 4.79 Å². The number of hydrogen-bond acceptors (Lipinski definition) is 5. The van der Waals surface area contributed by atoms with Gasteiger partial charge >= 0.3 is 5.97 Å². The highest BCUT2D eigenvalue weighted by atomic mass is 16.8. The highest BCUT2D eigenvalue weighted by Gasteiger charge is 2.50. The number of rotatable bonds is 1. The molecule has 1 N–H and O–H groups in total. The first-order chi connectivity index (χ1) is 8.57. The summed E-state index contributed by atoms with van der Waals surface area (Å²) in [4.78, 5) is 11.8.